The van der Waals surface area contributed by atoms with E-state index in [-0.39, 0.29) is 0 Å². The van der Waals surface area contributed by atoms with Gasteiger partial charge in [-0.3, -0.25) is 0 Å². The van der Waals surface area contributed by atoms with E-state index in [9.17, 15) is 0 Å². The molecule has 7 aromatic rings. The van der Waals surface area contributed by atoms with E-state index in [1.807, 2.05) is 0 Å². The molecule has 0 nitrogen and oxygen atoms in total. The third-order valence-corrected chi connectivity index (χ3v) is 7.34. The Balaban J connectivity index is 1.51. The monoisotopic (exact) mass is 444 g/mol. The van der Waals surface area contributed by atoms with Crippen molar-refractivity contribution in [2.75, 3.05) is 0 Å². The maximum atomic E-state index is 2.39. The van der Waals surface area contributed by atoms with Gasteiger partial charge in [-0.2, -0.15) is 0 Å². The van der Waals surface area contributed by atoms with Crippen LogP contribution in [-0.4, -0.2) is 0 Å². The highest BCUT2D eigenvalue weighted by molar-refractivity contribution is 6.26. The van der Waals surface area contributed by atoms with E-state index in [0.717, 1.165) is 0 Å². The fourth-order valence-electron chi connectivity index (χ4n) is 5.62. The van der Waals surface area contributed by atoms with Crippen molar-refractivity contribution < 1.29 is 0 Å². The Labute approximate surface area is 205 Å². The molecule has 0 saturated carbocycles. The van der Waals surface area contributed by atoms with E-state index in [1.165, 1.54) is 70.9 Å². The summed E-state index contributed by atoms with van der Waals surface area (Å²) in [6.45, 7) is 2.14. The predicted molar refractivity (Wildman–Crippen MR) is 152 cm³/mol. The summed E-state index contributed by atoms with van der Waals surface area (Å²) in [6.07, 6.45) is 0. The minimum Gasteiger partial charge on any atom is -0.0616 e. The van der Waals surface area contributed by atoms with Gasteiger partial charge >= 0.3 is 0 Å². The smallest absolute Gasteiger partial charge is 0.00928 e. The second-order valence-electron chi connectivity index (χ2n) is 9.42. The molecule has 0 aliphatic rings. The van der Waals surface area contributed by atoms with Gasteiger partial charge in [-0.15, -0.1) is 0 Å². The highest BCUT2D eigenvalue weighted by Crippen LogP contribution is 2.39. The molecule has 0 fully saturated rings. The van der Waals surface area contributed by atoms with Crippen LogP contribution in [0.4, 0.5) is 0 Å². The zero-order chi connectivity index (χ0) is 23.4. The van der Waals surface area contributed by atoms with Gasteiger partial charge in [0.2, 0.25) is 0 Å². The van der Waals surface area contributed by atoms with Crippen molar-refractivity contribution in [1.82, 2.24) is 0 Å². The lowest BCUT2D eigenvalue weighted by atomic mass is 9.89. The molecule has 7 aromatic carbocycles. The van der Waals surface area contributed by atoms with E-state index < -0.39 is 0 Å². The van der Waals surface area contributed by atoms with Crippen LogP contribution in [-0.2, 0) is 0 Å². The van der Waals surface area contributed by atoms with E-state index in [0.29, 0.717) is 0 Å². The zero-order valence-electron chi connectivity index (χ0n) is 19.6. The van der Waals surface area contributed by atoms with Crippen LogP contribution in [0.15, 0.2) is 127 Å². The lowest BCUT2D eigenvalue weighted by Crippen LogP contribution is -1.87. The molecule has 0 N–H and O–H groups in total. The molecule has 35 heavy (non-hydrogen) atoms. The van der Waals surface area contributed by atoms with Crippen LogP contribution in [0.3, 0.4) is 0 Å². The van der Waals surface area contributed by atoms with Crippen molar-refractivity contribution in [2.24, 2.45) is 0 Å². The SMILES string of the molecule is Cc1ccc(-c2cccc3c(-c4ccc5c6ccccc6c6ccccc6c5c4)cccc23)cc1. The molecule has 164 valence electrons. The Morgan fingerprint density at radius 1 is 0.314 bits per heavy atom. The Morgan fingerprint density at radius 3 is 1.31 bits per heavy atom. The van der Waals surface area contributed by atoms with E-state index in [1.54, 1.807) is 0 Å². The molecule has 0 spiro atoms. The molecule has 0 heterocycles. The van der Waals surface area contributed by atoms with Gasteiger partial charge < -0.3 is 0 Å². The van der Waals surface area contributed by atoms with Crippen LogP contribution in [0.25, 0.3) is 65.3 Å². The van der Waals surface area contributed by atoms with Crippen LogP contribution in [0.1, 0.15) is 5.56 Å². The van der Waals surface area contributed by atoms with Crippen molar-refractivity contribution in [2.45, 2.75) is 6.92 Å². The van der Waals surface area contributed by atoms with Crippen LogP contribution in [0.2, 0.25) is 0 Å². The average Bonchev–Trinajstić information content (AvgIpc) is 2.93. The molecule has 0 radical (unpaired) electrons. The van der Waals surface area contributed by atoms with Gasteiger partial charge in [-0.05, 0) is 78.3 Å². The summed E-state index contributed by atoms with van der Waals surface area (Å²) in [6, 6.07) is 46.7. The number of aryl methyl sites for hydroxylation is 1. The van der Waals surface area contributed by atoms with Gasteiger partial charge in [0.1, 0.15) is 0 Å². The fourth-order valence-corrected chi connectivity index (χ4v) is 5.62. The first kappa shape index (κ1) is 20.0. The lowest BCUT2D eigenvalue weighted by molar-refractivity contribution is 1.47. The van der Waals surface area contributed by atoms with Crippen molar-refractivity contribution in [3.8, 4) is 22.3 Å². The van der Waals surface area contributed by atoms with E-state index in [2.05, 4.69) is 134 Å². The number of benzene rings is 7. The first-order valence-corrected chi connectivity index (χ1v) is 12.2. The summed E-state index contributed by atoms with van der Waals surface area (Å²) >= 11 is 0. The molecule has 0 bridgehead atoms. The lowest BCUT2D eigenvalue weighted by Gasteiger charge is -2.14. The first-order chi connectivity index (χ1) is 17.3. The van der Waals surface area contributed by atoms with E-state index in [4.69, 9.17) is 0 Å². The normalized spacial score (nSPS) is 11.6. The topological polar surface area (TPSA) is 0 Å². The molecular formula is C35H24. The van der Waals surface area contributed by atoms with Gasteiger partial charge in [0.15, 0.2) is 0 Å². The maximum absolute atomic E-state index is 2.39. The van der Waals surface area contributed by atoms with Gasteiger partial charge in [-0.1, -0.05) is 127 Å². The van der Waals surface area contributed by atoms with Crippen LogP contribution in [0, 0.1) is 6.92 Å². The minimum absolute atomic E-state index is 1.25. The predicted octanol–water partition coefficient (Wildman–Crippen LogP) is 9.94. The molecule has 0 saturated heterocycles. The average molecular weight is 445 g/mol. The number of hydrogen-bond donors (Lipinski definition) is 0. The third-order valence-electron chi connectivity index (χ3n) is 7.34. The Hall–Kier alpha value is -4.42. The van der Waals surface area contributed by atoms with Gasteiger partial charge in [-0.25, -0.2) is 0 Å². The van der Waals surface area contributed by atoms with Gasteiger partial charge in [0, 0.05) is 0 Å². The largest absolute Gasteiger partial charge is 0.0616 e. The molecular weight excluding hydrogens is 420 g/mol. The number of rotatable bonds is 2. The summed E-state index contributed by atoms with van der Waals surface area (Å²) in [4.78, 5) is 0. The van der Waals surface area contributed by atoms with Crippen molar-refractivity contribution in [3.63, 3.8) is 0 Å². The first-order valence-electron chi connectivity index (χ1n) is 12.2. The third kappa shape index (κ3) is 3.15. The Kier molecular flexibility index (Phi) is 4.47. The highest BCUT2D eigenvalue weighted by Gasteiger charge is 2.12. The van der Waals surface area contributed by atoms with Crippen LogP contribution >= 0.6 is 0 Å². The second kappa shape index (κ2) is 7.82. The standard InChI is InChI=1S/C35H24/c1-23-16-18-24(19-17-23)26-12-6-15-29-27(13-7-14-28(26)29)25-20-21-34-32-10-3-2-8-30(32)31-9-4-5-11-33(31)35(34)22-25/h2-22H,1H3. The molecule has 0 amide bonds. The Bertz CT molecular complexity index is 1850. The quantitative estimate of drug-likeness (QED) is 0.233. The molecule has 0 unspecified atom stereocenters. The molecule has 0 aromatic heterocycles. The maximum Gasteiger partial charge on any atom is -0.00928 e. The molecule has 0 aliphatic heterocycles. The summed E-state index contributed by atoms with van der Waals surface area (Å²) in [7, 11) is 0. The van der Waals surface area contributed by atoms with Gasteiger partial charge in [0.05, 0.1) is 0 Å². The molecule has 0 atom stereocenters. The van der Waals surface area contributed by atoms with Crippen LogP contribution in [0.5, 0.6) is 0 Å². The summed E-state index contributed by atoms with van der Waals surface area (Å²) in [5.41, 5.74) is 6.35. The second-order valence-corrected chi connectivity index (χ2v) is 9.42. The summed E-state index contributed by atoms with van der Waals surface area (Å²) < 4.78 is 0. The van der Waals surface area contributed by atoms with Gasteiger partial charge in [0.25, 0.3) is 0 Å². The summed E-state index contributed by atoms with van der Waals surface area (Å²) in [5, 5.41) is 10.4. The van der Waals surface area contributed by atoms with Crippen molar-refractivity contribution >= 4 is 43.1 Å². The zero-order valence-corrected chi connectivity index (χ0v) is 19.6. The summed E-state index contributed by atoms with van der Waals surface area (Å²) in [5.74, 6) is 0. The minimum atomic E-state index is 1.25. The van der Waals surface area contributed by atoms with Crippen molar-refractivity contribution in [1.29, 1.82) is 0 Å². The number of hydrogen-bond acceptors (Lipinski definition) is 0. The fraction of sp³-hybridized carbons (Fsp3) is 0.0286. The molecule has 0 heteroatoms. The highest BCUT2D eigenvalue weighted by atomic mass is 14.2. The van der Waals surface area contributed by atoms with Crippen LogP contribution < -0.4 is 0 Å². The number of fused-ring (bicyclic) bond motifs is 7. The molecule has 0 aliphatic carbocycles. The van der Waals surface area contributed by atoms with E-state index >= 15 is 0 Å². The molecule has 7 rings (SSSR count). The Morgan fingerprint density at radius 2 is 0.743 bits per heavy atom. The van der Waals surface area contributed by atoms with Crippen molar-refractivity contribution in [3.05, 3.63) is 133 Å².